The molecular weight excluding hydrogens is 499 g/mol. The minimum atomic E-state index is 0.547. The molecule has 0 aliphatic heterocycles. The number of rotatable bonds is 3. The average Bonchev–Trinajstić information content (AvgIpc) is 3.27. The maximum atomic E-state index is 5.50. The van der Waals surface area contributed by atoms with Crippen molar-refractivity contribution in [3.8, 4) is 0 Å². The Balaban J connectivity index is 0.000000160. The molecule has 1 aliphatic rings. The van der Waals surface area contributed by atoms with Gasteiger partial charge in [-0.15, -0.1) is 0 Å². The fourth-order valence-electron chi connectivity index (χ4n) is 1.41. The summed E-state index contributed by atoms with van der Waals surface area (Å²) in [6.07, 6.45) is 6.38. The molecule has 106 valence electrons. The molecule has 2 aromatic rings. The van der Waals surface area contributed by atoms with E-state index in [9.17, 15) is 0 Å². The van der Waals surface area contributed by atoms with Crippen molar-refractivity contribution < 1.29 is 0 Å². The van der Waals surface area contributed by atoms with Gasteiger partial charge in [-0.3, -0.25) is 0 Å². The van der Waals surface area contributed by atoms with E-state index >= 15 is 0 Å². The van der Waals surface area contributed by atoms with E-state index in [1.165, 1.54) is 16.4 Å². The molecule has 2 aromatic heterocycles. The van der Waals surface area contributed by atoms with Crippen LogP contribution in [0.25, 0.3) is 0 Å². The van der Waals surface area contributed by atoms with Gasteiger partial charge in [-0.25, -0.2) is 9.97 Å². The van der Waals surface area contributed by atoms with Gasteiger partial charge in [0.15, 0.2) is 0 Å². The van der Waals surface area contributed by atoms with Crippen molar-refractivity contribution in [2.75, 3.05) is 11.9 Å². The Hall–Kier alpha value is -0.150. The molecule has 0 unspecified atom stereocenters. The second-order valence-electron chi connectivity index (χ2n) is 4.49. The molecule has 1 fully saturated rings. The summed E-state index contributed by atoms with van der Waals surface area (Å²) in [6, 6.07) is 7.78. The zero-order valence-corrected chi connectivity index (χ0v) is 15.8. The molecular formula is C14H14ClI2N3. The van der Waals surface area contributed by atoms with Gasteiger partial charge in [0.25, 0.3) is 0 Å². The van der Waals surface area contributed by atoms with E-state index in [0.29, 0.717) is 5.15 Å². The van der Waals surface area contributed by atoms with Crippen molar-refractivity contribution >= 4 is 62.6 Å². The third-order valence-electron chi connectivity index (χ3n) is 2.69. The first-order valence-electron chi connectivity index (χ1n) is 6.26. The smallest absolute Gasteiger partial charge is 0.129 e. The van der Waals surface area contributed by atoms with Crippen molar-refractivity contribution in [3.05, 3.63) is 49.0 Å². The van der Waals surface area contributed by atoms with Gasteiger partial charge in [0.2, 0.25) is 0 Å². The number of aromatic nitrogens is 2. The number of anilines is 1. The molecule has 20 heavy (non-hydrogen) atoms. The van der Waals surface area contributed by atoms with Crippen molar-refractivity contribution in [2.45, 2.75) is 12.8 Å². The summed E-state index contributed by atoms with van der Waals surface area (Å²) in [5.74, 6) is 1.91. The third-order valence-corrected chi connectivity index (χ3v) is 4.19. The van der Waals surface area contributed by atoms with Gasteiger partial charge >= 0.3 is 0 Å². The van der Waals surface area contributed by atoms with Gasteiger partial charge < -0.3 is 5.32 Å². The molecule has 6 heteroatoms. The monoisotopic (exact) mass is 513 g/mol. The Kier molecular flexibility index (Phi) is 6.76. The molecule has 0 amide bonds. The maximum Gasteiger partial charge on any atom is 0.129 e. The van der Waals surface area contributed by atoms with E-state index in [-0.39, 0.29) is 0 Å². The third kappa shape index (κ3) is 6.53. The Morgan fingerprint density at radius 1 is 1.05 bits per heavy atom. The van der Waals surface area contributed by atoms with E-state index in [0.717, 1.165) is 21.9 Å². The zero-order valence-electron chi connectivity index (χ0n) is 10.7. The lowest BCUT2D eigenvalue weighted by Crippen LogP contribution is -2.04. The summed E-state index contributed by atoms with van der Waals surface area (Å²) in [5.41, 5.74) is 0. The van der Waals surface area contributed by atoms with E-state index in [1.807, 2.05) is 18.3 Å². The van der Waals surface area contributed by atoms with Gasteiger partial charge in [-0.05, 0) is 88.2 Å². The van der Waals surface area contributed by atoms with E-state index in [2.05, 4.69) is 66.5 Å². The standard InChI is InChI=1S/C9H11IN2.C5H3ClIN/c10-8-3-4-9(12-6-8)11-5-7-1-2-7;6-5-2-1-4(7)3-8-5/h3-4,6-7H,1-2,5H2,(H,11,12);1-3H. The van der Waals surface area contributed by atoms with Crippen LogP contribution in [0.5, 0.6) is 0 Å². The molecule has 2 heterocycles. The molecule has 3 nitrogen and oxygen atoms in total. The highest BCUT2D eigenvalue weighted by atomic mass is 127. The van der Waals surface area contributed by atoms with Crippen LogP contribution in [0, 0.1) is 13.1 Å². The summed E-state index contributed by atoms with van der Waals surface area (Å²) >= 11 is 9.93. The van der Waals surface area contributed by atoms with Crippen LogP contribution in [0.4, 0.5) is 5.82 Å². The van der Waals surface area contributed by atoms with Crippen molar-refractivity contribution in [1.29, 1.82) is 0 Å². The van der Waals surface area contributed by atoms with E-state index < -0.39 is 0 Å². The van der Waals surface area contributed by atoms with Crippen LogP contribution in [-0.4, -0.2) is 16.5 Å². The predicted molar refractivity (Wildman–Crippen MR) is 100 cm³/mol. The molecule has 0 atom stereocenters. The van der Waals surface area contributed by atoms with Crippen LogP contribution in [0.3, 0.4) is 0 Å². The second kappa shape index (κ2) is 8.33. The quantitative estimate of drug-likeness (QED) is 0.471. The Labute approximate surface area is 151 Å². The fraction of sp³-hybridized carbons (Fsp3) is 0.286. The molecule has 0 radical (unpaired) electrons. The van der Waals surface area contributed by atoms with Crippen LogP contribution in [-0.2, 0) is 0 Å². The highest BCUT2D eigenvalue weighted by Gasteiger charge is 2.20. The van der Waals surface area contributed by atoms with Gasteiger partial charge in [0.05, 0.1) is 0 Å². The average molecular weight is 514 g/mol. The van der Waals surface area contributed by atoms with Gasteiger partial charge in [-0.1, -0.05) is 11.6 Å². The largest absolute Gasteiger partial charge is 0.370 e. The van der Waals surface area contributed by atoms with Crippen molar-refractivity contribution in [1.82, 2.24) is 9.97 Å². The zero-order chi connectivity index (χ0) is 14.4. The fourth-order valence-corrected chi connectivity index (χ4v) is 2.16. The molecule has 0 bridgehead atoms. The van der Waals surface area contributed by atoms with Gasteiger partial charge in [0, 0.05) is 26.1 Å². The molecule has 0 aromatic carbocycles. The highest BCUT2D eigenvalue weighted by molar-refractivity contribution is 14.1. The number of halogens is 3. The first-order valence-corrected chi connectivity index (χ1v) is 8.79. The summed E-state index contributed by atoms with van der Waals surface area (Å²) in [7, 11) is 0. The number of hydrogen-bond donors (Lipinski definition) is 1. The Morgan fingerprint density at radius 2 is 1.70 bits per heavy atom. The van der Waals surface area contributed by atoms with E-state index in [1.54, 1.807) is 12.3 Å². The number of hydrogen-bond acceptors (Lipinski definition) is 3. The number of nitrogens with one attached hydrogen (secondary N) is 1. The first-order chi connectivity index (χ1) is 9.63. The van der Waals surface area contributed by atoms with Crippen LogP contribution in [0.2, 0.25) is 5.15 Å². The molecule has 0 saturated heterocycles. The molecule has 0 spiro atoms. The Bertz CT molecular complexity index is 506. The normalized spacial score (nSPS) is 13.3. The first kappa shape index (κ1) is 16.2. The lowest BCUT2D eigenvalue weighted by Gasteiger charge is -2.02. The van der Waals surface area contributed by atoms with E-state index in [4.69, 9.17) is 11.6 Å². The SMILES string of the molecule is Clc1ccc(I)cn1.Ic1ccc(NCC2CC2)nc1. The number of nitrogens with zero attached hydrogens (tertiary/aromatic N) is 2. The molecule has 1 saturated carbocycles. The summed E-state index contributed by atoms with van der Waals surface area (Å²) in [5, 5.41) is 3.87. The second-order valence-corrected chi connectivity index (χ2v) is 7.36. The van der Waals surface area contributed by atoms with Crippen molar-refractivity contribution in [3.63, 3.8) is 0 Å². The minimum absolute atomic E-state index is 0.547. The summed E-state index contributed by atoms with van der Waals surface area (Å²) in [4.78, 5) is 8.10. The summed E-state index contributed by atoms with van der Waals surface area (Å²) in [6.45, 7) is 1.09. The van der Waals surface area contributed by atoms with Crippen molar-refractivity contribution in [2.24, 2.45) is 5.92 Å². The maximum absolute atomic E-state index is 5.50. The molecule has 1 aliphatic carbocycles. The topological polar surface area (TPSA) is 37.8 Å². The van der Waals surface area contributed by atoms with Crippen LogP contribution >= 0.6 is 56.8 Å². The Morgan fingerprint density at radius 3 is 2.15 bits per heavy atom. The van der Waals surface area contributed by atoms with Crippen LogP contribution in [0.1, 0.15) is 12.8 Å². The van der Waals surface area contributed by atoms with Crippen LogP contribution in [0.15, 0.2) is 36.7 Å². The molecule has 1 N–H and O–H groups in total. The lowest BCUT2D eigenvalue weighted by molar-refractivity contribution is 0.883. The van der Waals surface area contributed by atoms with Crippen LogP contribution < -0.4 is 5.32 Å². The predicted octanol–water partition coefficient (Wildman–Crippen LogP) is 4.85. The molecule has 3 rings (SSSR count). The summed E-state index contributed by atoms with van der Waals surface area (Å²) < 4.78 is 2.29. The highest BCUT2D eigenvalue weighted by Crippen LogP contribution is 2.28. The number of pyridine rings is 2. The lowest BCUT2D eigenvalue weighted by atomic mass is 10.4. The van der Waals surface area contributed by atoms with Gasteiger partial charge in [0.1, 0.15) is 11.0 Å². The van der Waals surface area contributed by atoms with Gasteiger partial charge in [-0.2, -0.15) is 0 Å². The minimum Gasteiger partial charge on any atom is -0.370 e.